The number of hydrogen-bond acceptors (Lipinski definition) is 4. The van der Waals surface area contributed by atoms with E-state index in [1.54, 1.807) is 6.08 Å². The molecule has 0 bridgehead atoms. The number of aromatic nitrogens is 3. The molecule has 2 rings (SSSR count). The number of carbonyl (C=O) groups excluding carboxylic acids is 1. The van der Waals surface area contributed by atoms with Crippen molar-refractivity contribution in [2.24, 2.45) is 5.92 Å². The van der Waals surface area contributed by atoms with Crippen molar-refractivity contribution >= 4 is 29.3 Å². The molecule has 1 atom stereocenters. The maximum atomic E-state index is 12.1. The van der Waals surface area contributed by atoms with E-state index in [1.165, 1.54) is 11.8 Å². The topological polar surface area (TPSA) is 59.8 Å². The zero-order chi connectivity index (χ0) is 18.4. The SMILES string of the molecule is C=CCn1c(SCC(=O)NC(C)C(C)C)nnc1-c1ccc(Cl)cc1. The molecular formula is C18H23ClN4OS. The third-order valence-electron chi connectivity index (χ3n) is 3.85. The van der Waals surface area contributed by atoms with E-state index in [9.17, 15) is 4.79 Å². The Bertz CT molecular complexity index is 727. The number of rotatable bonds is 8. The van der Waals surface area contributed by atoms with Crippen molar-refractivity contribution in [3.05, 3.63) is 41.9 Å². The minimum Gasteiger partial charge on any atom is -0.353 e. The van der Waals surface area contributed by atoms with Crippen LogP contribution in [0.1, 0.15) is 20.8 Å². The van der Waals surface area contributed by atoms with E-state index in [0.717, 1.165) is 11.4 Å². The van der Waals surface area contributed by atoms with Gasteiger partial charge in [0.2, 0.25) is 5.91 Å². The van der Waals surface area contributed by atoms with Gasteiger partial charge in [0.25, 0.3) is 0 Å². The van der Waals surface area contributed by atoms with Crippen LogP contribution in [0, 0.1) is 5.92 Å². The Morgan fingerprint density at radius 2 is 2.00 bits per heavy atom. The lowest BCUT2D eigenvalue weighted by Crippen LogP contribution is -2.37. The standard InChI is InChI=1S/C18H23ClN4OS/c1-5-10-23-17(14-6-8-15(19)9-7-14)21-22-18(23)25-11-16(24)20-13(4)12(2)3/h5-9,12-13H,1,10-11H2,2-4H3,(H,20,24). The van der Waals surface area contributed by atoms with Gasteiger partial charge in [0.05, 0.1) is 5.75 Å². The van der Waals surface area contributed by atoms with Gasteiger partial charge in [0.15, 0.2) is 11.0 Å². The summed E-state index contributed by atoms with van der Waals surface area (Å²) in [6.45, 7) is 10.5. The summed E-state index contributed by atoms with van der Waals surface area (Å²) in [5.41, 5.74) is 0.920. The van der Waals surface area contributed by atoms with E-state index in [4.69, 9.17) is 11.6 Å². The highest BCUT2D eigenvalue weighted by Gasteiger charge is 2.16. The predicted molar refractivity (Wildman–Crippen MR) is 104 cm³/mol. The molecule has 134 valence electrons. The molecule has 1 aromatic carbocycles. The van der Waals surface area contributed by atoms with Gasteiger partial charge >= 0.3 is 0 Å². The summed E-state index contributed by atoms with van der Waals surface area (Å²) in [5.74, 6) is 1.42. The lowest BCUT2D eigenvalue weighted by atomic mass is 10.1. The molecule has 1 N–H and O–H groups in total. The van der Waals surface area contributed by atoms with Crippen LogP contribution in [0.25, 0.3) is 11.4 Å². The molecule has 1 heterocycles. The number of benzene rings is 1. The van der Waals surface area contributed by atoms with Gasteiger partial charge in [-0.25, -0.2) is 0 Å². The largest absolute Gasteiger partial charge is 0.353 e. The highest BCUT2D eigenvalue weighted by atomic mass is 35.5. The molecule has 0 saturated carbocycles. The molecule has 1 amide bonds. The van der Waals surface area contributed by atoms with Gasteiger partial charge in [0, 0.05) is 23.2 Å². The summed E-state index contributed by atoms with van der Waals surface area (Å²) < 4.78 is 1.94. The minimum atomic E-state index is -0.00704. The van der Waals surface area contributed by atoms with Crippen molar-refractivity contribution in [2.75, 3.05) is 5.75 Å². The van der Waals surface area contributed by atoms with Gasteiger partial charge in [-0.1, -0.05) is 43.3 Å². The first-order valence-corrected chi connectivity index (χ1v) is 9.51. The molecule has 2 aromatic rings. The Kier molecular flexibility index (Phi) is 7.08. The van der Waals surface area contributed by atoms with Crippen LogP contribution in [-0.2, 0) is 11.3 Å². The second-order valence-corrected chi connectivity index (χ2v) is 7.48. The van der Waals surface area contributed by atoms with Gasteiger partial charge in [0.1, 0.15) is 0 Å². The highest BCUT2D eigenvalue weighted by molar-refractivity contribution is 7.99. The van der Waals surface area contributed by atoms with Gasteiger partial charge in [-0.3, -0.25) is 9.36 Å². The molecular weight excluding hydrogens is 356 g/mol. The number of carbonyl (C=O) groups is 1. The molecule has 0 saturated heterocycles. The zero-order valence-electron chi connectivity index (χ0n) is 14.7. The first kappa shape index (κ1) is 19.5. The maximum absolute atomic E-state index is 12.1. The van der Waals surface area contributed by atoms with Gasteiger partial charge < -0.3 is 5.32 Å². The van der Waals surface area contributed by atoms with Crippen molar-refractivity contribution in [2.45, 2.75) is 38.5 Å². The quantitative estimate of drug-likeness (QED) is 0.556. The zero-order valence-corrected chi connectivity index (χ0v) is 16.3. The Morgan fingerprint density at radius 3 is 2.60 bits per heavy atom. The summed E-state index contributed by atoms with van der Waals surface area (Å²) in [6.07, 6.45) is 1.79. The number of nitrogens with zero attached hydrogens (tertiary/aromatic N) is 3. The number of allylic oxidation sites excluding steroid dienone is 1. The number of halogens is 1. The molecule has 0 aliphatic carbocycles. The minimum absolute atomic E-state index is 0.00704. The fraction of sp³-hybridized carbons (Fsp3) is 0.389. The fourth-order valence-corrected chi connectivity index (χ4v) is 2.98. The summed E-state index contributed by atoms with van der Waals surface area (Å²) >= 11 is 7.32. The number of nitrogens with one attached hydrogen (secondary N) is 1. The average molecular weight is 379 g/mol. The van der Waals surface area contributed by atoms with E-state index in [2.05, 4.69) is 35.9 Å². The first-order chi connectivity index (χ1) is 11.9. The summed E-state index contributed by atoms with van der Waals surface area (Å²) in [4.78, 5) is 12.1. The molecule has 0 spiro atoms. The number of thioether (sulfide) groups is 1. The summed E-state index contributed by atoms with van der Waals surface area (Å²) in [6, 6.07) is 7.58. The van der Waals surface area contributed by atoms with Crippen LogP contribution in [0.2, 0.25) is 5.02 Å². The average Bonchev–Trinajstić information content (AvgIpc) is 2.97. The van der Waals surface area contributed by atoms with Crippen LogP contribution in [0.15, 0.2) is 42.1 Å². The lowest BCUT2D eigenvalue weighted by molar-refractivity contribution is -0.119. The smallest absolute Gasteiger partial charge is 0.230 e. The van der Waals surface area contributed by atoms with E-state index in [-0.39, 0.29) is 11.9 Å². The molecule has 0 radical (unpaired) electrons. The van der Waals surface area contributed by atoms with Crippen LogP contribution in [0.4, 0.5) is 0 Å². The van der Waals surface area contributed by atoms with Crippen LogP contribution in [0.3, 0.4) is 0 Å². The predicted octanol–water partition coefficient (Wildman–Crippen LogP) is 4.04. The molecule has 7 heteroatoms. The highest BCUT2D eigenvalue weighted by Crippen LogP contribution is 2.25. The summed E-state index contributed by atoms with van der Waals surface area (Å²) in [5, 5.41) is 12.9. The van der Waals surface area contributed by atoms with Crippen LogP contribution >= 0.6 is 23.4 Å². The second-order valence-electron chi connectivity index (χ2n) is 6.10. The van der Waals surface area contributed by atoms with Crippen LogP contribution in [0.5, 0.6) is 0 Å². The van der Waals surface area contributed by atoms with Gasteiger partial charge in [-0.15, -0.1) is 16.8 Å². The normalized spacial score (nSPS) is 12.2. The van der Waals surface area contributed by atoms with Gasteiger partial charge in [-0.05, 0) is 37.1 Å². The van der Waals surface area contributed by atoms with E-state index in [1.807, 2.05) is 35.8 Å². The molecule has 0 aliphatic rings. The number of hydrogen-bond donors (Lipinski definition) is 1. The molecule has 25 heavy (non-hydrogen) atoms. The Morgan fingerprint density at radius 1 is 1.32 bits per heavy atom. The third kappa shape index (κ3) is 5.34. The number of amides is 1. The monoisotopic (exact) mass is 378 g/mol. The molecule has 1 aromatic heterocycles. The van der Waals surface area contributed by atoms with E-state index in [0.29, 0.717) is 28.4 Å². The second kappa shape index (κ2) is 9.06. The maximum Gasteiger partial charge on any atom is 0.230 e. The Balaban J connectivity index is 2.12. The van der Waals surface area contributed by atoms with Crippen molar-refractivity contribution in [1.82, 2.24) is 20.1 Å². The van der Waals surface area contributed by atoms with Gasteiger partial charge in [-0.2, -0.15) is 0 Å². The van der Waals surface area contributed by atoms with Crippen LogP contribution < -0.4 is 5.32 Å². The van der Waals surface area contributed by atoms with Crippen molar-refractivity contribution in [3.63, 3.8) is 0 Å². The molecule has 0 fully saturated rings. The van der Waals surface area contributed by atoms with Crippen LogP contribution in [-0.4, -0.2) is 32.5 Å². The third-order valence-corrected chi connectivity index (χ3v) is 5.07. The Hall–Kier alpha value is -1.79. The van der Waals surface area contributed by atoms with E-state index < -0.39 is 0 Å². The Labute approximate surface area is 157 Å². The van der Waals surface area contributed by atoms with Crippen molar-refractivity contribution in [1.29, 1.82) is 0 Å². The molecule has 1 unspecified atom stereocenters. The van der Waals surface area contributed by atoms with E-state index >= 15 is 0 Å². The van der Waals surface area contributed by atoms with Crippen molar-refractivity contribution in [3.8, 4) is 11.4 Å². The molecule has 5 nitrogen and oxygen atoms in total. The lowest BCUT2D eigenvalue weighted by Gasteiger charge is -2.17. The molecule has 0 aliphatic heterocycles. The summed E-state index contributed by atoms with van der Waals surface area (Å²) in [7, 11) is 0. The van der Waals surface area contributed by atoms with Crippen molar-refractivity contribution < 1.29 is 4.79 Å². The first-order valence-electron chi connectivity index (χ1n) is 8.14. The fourth-order valence-electron chi connectivity index (χ4n) is 2.09.